The number of carbonyl (C=O) groups is 1. The molecule has 36 heavy (non-hydrogen) atoms. The summed E-state index contributed by atoms with van der Waals surface area (Å²) < 4.78 is 14.8. The second-order valence-corrected chi connectivity index (χ2v) is 11.2. The minimum absolute atomic E-state index is 0.136. The fourth-order valence-electron chi connectivity index (χ4n) is 4.09. The van der Waals surface area contributed by atoms with E-state index in [-0.39, 0.29) is 12.9 Å². The molecule has 8 nitrogen and oxygen atoms in total. The molecule has 9 heteroatoms. The van der Waals surface area contributed by atoms with Gasteiger partial charge in [-0.15, -0.1) is 0 Å². The molecule has 0 saturated carbocycles. The third-order valence-corrected chi connectivity index (χ3v) is 6.84. The van der Waals surface area contributed by atoms with Crippen LogP contribution in [0.1, 0.15) is 155 Å². The highest BCUT2D eigenvalue weighted by atomic mass is 31.2. The summed E-state index contributed by atoms with van der Waals surface area (Å²) in [6.45, 7) is 2.40. The SMILES string of the molecule is CCCCCCCCCCC1OO1.O=C(O)CCCCCCCCCCCCCCCOP(=O)(O)O. The third-order valence-electron chi connectivity index (χ3n) is 6.32. The first-order valence-corrected chi connectivity index (χ1v) is 16.1. The molecule has 0 aromatic heterocycles. The Morgan fingerprint density at radius 3 is 1.44 bits per heavy atom. The molecule has 0 spiro atoms. The van der Waals surface area contributed by atoms with Gasteiger partial charge in [0.05, 0.1) is 6.61 Å². The maximum absolute atomic E-state index is 10.4. The molecule has 1 fully saturated rings. The number of rotatable bonds is 26. The van der Waals surface area contributed by atoms with E-state index in [1.165, 1.54) is 96.3 Å². The molecule has 1 heterocycles. The van der Waals surface area contributed by atoms with Crippen LogP contribution in [0.2, 0.25) is 0 Å². The van der Waals surface area contributed by atoms with Gasteiger partial charge in [-0.05, 0) is 19.3 Å². The minimum atomic E-state index is -4.28. The number of carboxylic acid groups (broad SMARTS) is 1. The number of hydrogen-bond donors (Lipinski definition) is 3. The number of unbranched alkanes of at least 4 members (excludes halogenated alkanes) is 19. The van der Waals surface area contributed by atoms with Gasteiger partial charge in [0.15, 0.2) is 0 Å². The summed E-state index contributed by atoms with van der Waals surface area (Å²) in [4.78, 5) is 36.7. The van der Waals surface area contributed by atoms with Crippen LogP contribution in [0.3, 0.4) is 0 Å². The van der Waals surface area contributed by atoms with Gasteiger partial charge in [0.1, 0.15) is 0 Å². The van der Waals surface area contributed by atoms with Crippen LogP contribution in [0.25, 0.3) is 0 Å². The van der Waals surface area contributed by atoms with Crippen molar-refractivity contribution in [2.45, 2.75) is 161 Å². The quantitative estimate of drug-likeness (QED) is 0.0433. The van der Waals surface area contributed by atoms with Gasteiger partial charge in [0.25, 0.3) is 0 Å². The van der Waals surface area contributed by atoms with Gasteiger partial charge in [0, 0.05) is 12.8 Å². The van der Waals surface area contributed by atoms with Crippen molar-refractivity contribution in [3.63, 3.8) is 0 Å². The van der Waals surface area contributed by atoms with E-state index in [0.29, 0.717) is 12.8 Å². The van der Waals surface area contributed by atoms with Crippen LogP contribution >= 0.6 is 7.82 Å². The van der Waals surface area contributed by atoms with Gasteiger partial charge in [-0.1, -0.05) is 122 Å². The predicted molar refractivity (Wildman–Crippen MR) is 143 cm³/mol. The second-order valence-electron chi connectivity index (χ2n) is 9.95. The highest BCUT2D eigenvalue weighted by molar-refractivity contribution is 7.46. The first-order chi connectivity index (χ1) is 17.3. The standard InChI is InChI=1S/C16H33O6P.C11H22O2/c17-16(18)14-12-10-8-6-4-2-1-3-5-7-9-11-13-15-22-23(19,20)21;1-2-3-4-5-6-7-8-9-10-11-12-13-11/h1-15H2,(H,17,18)(H2,19,20,21);11H,2-10H2,1H3. The summed E-state index contributed by atoms with van der Waals surface area (Å²) in [7, 11) is -4.28. The van der Waals surface area contributed by atoms with E-state index in [0.717, 1.165) is 38.5 Å². The average Bonchev–Trinajstić information content (AvgIpc) is 3.64. The van der Waals surface area contributed by atoms with Crippen LogP contribution in [0, 0.1) is 0 Å². The molecule has 216 valence electrons. The van der Waals surface area contributed by atoms with Gasteiger partial charge >= 0.3 is 13.8 Å². The lowest BCUT2D eigenvalue weighted by Gasteiger charge is -2.05. The molecule has 0 unspecified atom stereocenters. The Morgan fingerprint density at radius 2 is 1.06 bits per heavy atom. The van der Waals surface area contributed by atoms with E-state index < -0.39 is 13.8 Å². The summed E-state index contributed by atoms with van der Waals surface area (Å²) >= 11 is 0. The molecule has 1 rings (SSSR count). The average molecular weight is 539 g/mol. The van der Waals surface area contributed by atoms with E-state index in [9.17, 15) is 9.36 Å². The van der Waals surface area contributed by atoms with Crippen LogP contribution in [-0.4, -0.2) is 33.8 Å². The smallest absolute Gasteiger partial charge is 0.469 e. The summed E-state index contributed by atoms with van der Waals surface area (Å²) in [6, 6.07) is 0. The Bertz CT molecular complexity index is 522. The lowest BCUT2D eigenvalue weighted by Crippen LogP contribution is -1.93. The maximum atomic E-state index is 10.4. The van der Waals surface area contributed by atoms with Crippen LogP contribution in [0.15, 0.2) is 0 Å². The molecule has 3 N–H and O–H groups in total. The Morgan fingerprint density at radius 1 is 0.667 bits per heavy atom. The zero-order valence-corrected chi connectivity index (χ0v) is 23.8. The number of phosphoric acid groups is 1. The Balaban J connectivity index is 0.000000790. The fraction of sp³-hybridized carbons (Fsp3) is 0.963. The van der Waals surface area contributed by atoms with Gasteiger partial charge in [0.2, 0.25) is 6.29 Å². The van der Waals surface area contributed by atoms with E-state index in [4.69, 9.17) is 14.9 Å². The van der Waals surface area contributed by atoms with Gasteiger partial charge < -0.3 is 14.9 Å². The molecule has 0 aromatic carbocycles. The van der Waals surface area contributed by atoms with Crippen molar-refractivity contribution >= 4 is 13.8 Å². The van der Waals surface area contributed by atoms with Crippen molar-refractivity contribution in [2.75, 3.05) is 6.61 Å². The van der Waals surface area contributed by atoms with Crippen molar-refractivity contribution < 1.29 is 38.6 Å². The largest absolute Gasteiger partial charge is 0.481 e. The lowest BCUT2D eigenvalue weighted by molar-refractivity contribution is -0.137. The Kier molecular flexibility index (Phi) is 25.8. The molecule has 1 saturated heterocycles. The fourth-order valence-corrected chi connectivity index (χ4v) is 4.45. The van der Waals surface area contributed by atoms with Gasteiger partial charge in [-0.3, -0.25) is 9.32 Å². The summed E-state index contributed by atoms with van der Waals surface area (Å²) in [5.74, 6) is -0.695. The first-order valence-electron chi connectivity index (χ1n) is 14.6. The molecule has 0 aromatic rings. The molecule has 0 amide bonds. The molecule has 0 aliphatic carbocycles. The van der Waals surface area contributed by atoms with Crippen molar-refractivity contribution in [1.82, 2.24) is 0 Å². The summed E-state index contributed by atoms with van der Waals surface area (Å²) in [5, 5.41) is 8.51. The van der Waals surface area contributed by atoms with Crippen molar-refractivity contribution in [3.8, 4) is 0 Å². The van der Waals surface area contributed by atoms with Crippen LogP contribution in [0.4, 0.5) is 0 Å². The van der Waals surface area contributed by atoms with E-state index in [1.54, 1.807) is 0 Å². The van der Waals surface area contributed by atoms with E-state index in [2.05, 4.69) is 21.2 Å². The zero-order chi connectivity index (χ0) is 26.7. The summed E-state index contributed by atoms with van der Waals surface area (Å²) in [6.07, 6.45) is 26.9. The normalized spacial score (nSPS) is 13.4. The monoisotopic (exact) mass is 538 g/mol. The number of aliphatic carboxylic acids is 1. The molecule has 0 bridgehead atoms. The van der Waals surface area contributed by atoms with Crippen molar-refractivity contribution in [2.24, 2.45) is 0 Å². The van der Waals surface area contributed by atoms with Crippen LogP contribution in [-0.2, 0) is 23.7 Å². The first kappa shape index (κ1) is 35.5. The van der Waals surface area contributed by atoms with Crippen molar-refractivity contribution in [1.29, 1.82) is 0 Å². The Labute approximate surface area is 220 Å². The highest BCUT2D eigenvalue weighted by Crippen LogP contribution is 2.35. The molecular formula is C27H55O8P. The maximum Gasteiger partial charge on any atom is 0.469 e. The highest BCUT2D eigenvalue weighted by Gasteiger charge is 2.24. The molecule has 0 atom stereocenters. The van der Waals surface area contributed by atoms with Crippen molar-refractivity contribution in [3.05, 3.63) is 0 Å². The number of hydrogen-bond acceptors (Lipinski definition) is 5. The molecular weight excluding hydrogens is 483 g/mol. The minimum Gasteiger partial charge on any atom is -0.481 e. The molecule has 1 aliphatic heterocycles. The number of carboxylic acids is 1. The van der Waals surface area contributed by atoms with Crippen LogP contribution < -0.4 is 0 Å². The zero-order valence-electron chi connectivity index (χ0n) is 22.9. The topological polar surface area (TPSA) is 129 Å². The molecule has 1 aliphatic rings. The Hall–Kier alpha value is -0.500. The van der Waals surface area contributed by atoms with Crippen LogP contribution in [0.5, 0.6) is 0 Å². The number of phosphoric ester groups is 1. The second kappa shape index (κ2) is 26.1. The van der Waals surface area contributed by atoms with Gasteiger partial charge in [-0.25, -0.2) is 4.57 Å². The van der Waals surface area contributed by atoms with E-state index in [1.807, 2.05) is 0 Å². The van der Waals surface area contributed by atoms with E-state index >= 15 is 0 Å². The third kappa shape index (κ3) is 33.5. The van der Waals surface area contributed by atoms with Gasteiger partial charge in [-0.2, -0.15) is 9.78 Å². The summed E-state index contributed by atoms with van der Waals surface area (Å²) in [5.41, 5.74) is 0. The predicted octanol–water partition coefficient (Wildman–Crippen LogP) is 8.45. The lowest BCUT2D eigenvalue weighted by atomic mass is 10.0. The molecule has 0 radical (unpaired) electrons.